The average Bonchev–Trinajstić information content (AvgIpc) is 3.51. The summed E-state index contributed by atoms with van der Waals surface area (Å²) in [6.45, 7) is 0.224. The molecule has 1 aromatic carbocycles. The summed E-state index contributed by atoms with van der Waals surface area (Å²) in [6.07, 6.45) is -3.04. The van der Waals surface area contributed by atoms with Crippen LogP contribution in [0, 0.1) is 5.82 Å². The molecule has 0 saturated carbocycles. The molecule has 1 atom stereocenters. The molecule has 1 N–H and O–H groups in total. The first-order valence-corrected chi connectivity index (χ1v) is 12.7. The van der Waals surface area contributed by atoms with Gasteiger partial charge in [0.05, 0.1) is 17.7 Å². The van der Waals surface area contributed by atoms with Crippen LogP contribution in [-0.2, 0) is 31.9 Å². The SMILES string of the molecule is O=C1CCC(N2C(=O)C3=C(C2=O)N(Cc2nc(-c4cccc(-c5nccc(C(F)(F)F)n5)c4F)no2)CCC3)C(=O)N1. The number of rotatable bonds is 5. The van der Waals surface area contributed by atoms with Crippen molar-refractivity contribution in [3.8, 4) is 22.8 Å². The number of hydrogen-bond donors (Lipinski definition) is 1. The van der Waals surface area contributed by atoms with Crippen LogP contribution < -0.4 is 5.32 Å². The van der Waals surface area contributed by atoms with Crippen molar-refractivity contribution in [3.05, 3.63) is 59.1 Å². The summed E-state index contributed by atoms with van der Waals surface area (Å²) in [5.74, 6) is -4.17. The van der Waals surface area contributed by atoms with E-state index < -0.39 is 53.2 Å². The average molecular weight is 585 g/mol. The van der Waals surface area contributed by atoms with E-state index in [1.807, 2.05) is 0 Å². The van der Waals surface area contributed by atoms with Crippen molar-refractivity contribution in [2.45, 2.75) is 44.4 Å². The molecular formula is C26H19F4N7O5. The van der Waals surface area contributed by atoms with Gasteiger partial charge in [-0.25, -0.2) is 14.4 Å². The first-order valence-electron chi connectivity index (χ1n) is 12.7. The summed E-state index contributed by atoms with van der Waals surface area (Å²) in [4.78, 5) is 64.2. The molecule has 216 valence electrons. The van der Waals surface area contributed by atoms with Gasteiger partial charge in [-0.3, -0.25) is 29.4 Å². The smallest absolute Gasteiger partial charge is 0.357 e. The highest BCUT2D eigenvalue weighted by Crippen LogP contribution is 2.35. The lowest BCUT2D eigenvalue weighted by atomic mass is 10.0. The van der Waals surface area contributed by atoms with Crippen molar-refractivity contribution in [2.75, 3.05) is 6.54 Å². The number of aromatic nitrogens is 4. The van der Waals surface area contributed by atoms with Gasteiger partial charge >= 0.3 is 6.18 Å². The van der Waals surface area contributed by atoms with Gasteiger partial charge in [0.1, 0.15) is 23.3 Å². The Kier molecular flexibility index (Phi) is 6.54. The molecule has 4 amide bonds. The van der Waals surface area contributed by atoms with Gasteiger partial charge in [0.15, 0.2) is 5.82 Å². The second kappa shape index (κ2) is 10.1. The van der Waals surface area contributed by atoms with E-state index in [2.05, 4.69) is 25.4 Å². The van der Waals surface area contributed by atoms with Gasteiger partial charge < -0.3 is 9.42 Å². The number of carbonyl (C=O) groups is 4. The van der Waals surface area contributed by atoms with Crippen LogP contribution in [0.2, 0.25) is 0 Å². The van der Waals surface area contributed by atoms with Crippen LogP contribution in [0.15, 0.2) is 46.3 Å². The first kappa shape index (κ1) is 27.2. The van der Waals surface area contributed by atoms with Gasteiger partial charge in [-0.1, -0.05) is 11.2 Å². The van der Waals surface area contributed by atoms with Gasteiger partial charge in [0.2, 0.25) is 23.5 Å². The van der Waals surface area contributed by atoms with E-state index in [9.17, 15) is 32.3 Å². The molecule has 16 heteroatoms. The van der Waals surface area contributed by atoms with E-state index in [-0.39, 0.29) is 53.5 Å². The largest absolute Gasteiger partial charge is 0.433 e. The molecule has 3 aliphatic heterocycles. The fourth-order valence-electron chi connectivity index (χ4n) is 5.18. The van der Waals surface area contributed by atoms with Crippen molar-refractivity contribution in [1.82, 2.24) is 35.2 Å². The Hall–Kier alpha value is -5.02. The third-order valence-corrected chi connectivity index (χ3v) is 7.10. The van der Waals surface area contributed by atoms with Crippen molar-refractivity contribution >= 4 is 23.6 Å². The minimum atomic E-state index is -4.75. The Balaban J connectivity index is 1.24. The van der Waals surface area contributed by atoms with Gasteiger partial charge in [-0.15, -0.1) is 0 Å². The van der Waals surface area contributed by atoms with Crippen molar-refractivity contribution in [3.63, 3.8) is 0 Å². The number of hydrogen-bond acceptors (Lipinski definition) is 10. The number of nitrogens with zero attached hydrogens (tertiary/aromatic N) is 6. The Morgan fingerprint density at radius 1 is 1.00 bits per heavy atom. The lowest BCUT2D eigenvalue weighted by Gasteiger charge is -2.29. The fourth-order valence-corrected chi connectivity index (χ4v) is 5.18. The molecule has 1 saturated heterocycles. The van der Waals surface area contributed by atoms with Crippen molar-refractivity contribution in [2.24, 2.45) is 0 Å². The van der Waals surface area contributed by atoms with Crippen LogP contribution in [0.25, 0.3) is 22.8 Å². The Labute approximate surface area is 233 Å². The van der Waals surface area contributed by atoms with Crippen LogP contribution in [0.4, 0.5) is 17.6 Å². The highest BCUT2D eigenvalue weighted by molar-refractivity contribution is 6.21. The molecule has 0 aliphatic carbocycles. The lowest BCUT2D eigenvalue weighted by molar-refractivity contribution is -0.150. The third kappa shape index (κ3) is 4.67. The number of nitrogens with one attached hydrogen (secondary N) is 1. The predicted octanol–water partition coefficient (Wildman–Crippen LogP) is 2.38. The minimum Gasteiger partial charge on any atom is -0.357 e. The van der Waals surface area contributed by atoms with E-state index in [0.29, 0.717) is 25.5 Å². The number of amides is 4. The Morgan fingerprint density at radius 2 is 1.76 bits per heavy atom. The maximum atomic E-state index is 15.4. The van der Waals surface area contributed by atoms with Crippen LogP contribution in [-0.4, -0.2) is 66.1 Å². The highest BCUT2D eigenvalue weighted by atomic mass is 19.4. The van der Waals surface area contributed by atoms with Crippen LogP contribution in [0.1, 0.15) is 37.3 Å². The molecule has 1 fully saturated rings. The molecule has 2 aromatic heterocycles. The quantitative estimate of drug-likeness (QED) is 0.349. The molecule has 42 heavy (non-hydrogen) atoms. The number of piperidine rings is 1. The predicted molar refractivity (Wildman–Crippen MR) is 130 cm³/mol. The summed E-state index contributed by atoms with van der Waals surface area (Å²) in [5, 5.41) is 5.94. The van der Waals surface area contributed by atoms with Crippen molar-refractivity contribution < 1.29 is 41.3 Å². The normalized spacial score (nSPS) is 19.5. The minimum absolute atomic E-state index is 0.00966. The highest BCUT2D eigenvalue weighted by Gasteiger charge is 2.48. The standard InChI is InChI=1S/C26H19F4N7O5/c27-19-12(21-31-9-8-16(32-21)26(28,29)30)3-1-4-13(19)22-34-18(42-35-22)11-36-10-2-5-14-20(36)25(41)37(24(14)40)15-6-7-17(38)33-23(15)39/h1,3-4,8-9,15H,2,5-7,10-11H2,(H,33,38,39). The lowest BCUT2D eigenvalue weighted by Crippen LogP contribution is -2.55. The van der Waals surface area contributed by atoms with Gasteiger partial charge in [0, 0.05) is 24.7 Å². The zero-order valence-corrected chi connectivity index (χ0v) is 21.4. The van der Waals surface area contributed by atoms with Crippen LogP contribution >= 0.6 is 0 Å². The monoisotopic (exact) mass is 585 g/mol. The molecule has 12 nitrogen and oxygen atoms in total. The van der Waals surface area contributed by atoms with Gasteiger partial charge in [0.25, 0.3) is 11.8 Å². The third-order valence-electron chi connectivity index (χ3n) is 7.10. The van der Waals surface area contributed by atoms with E-state index in [1.165, 1.54) is 18.2 Å². The topological polar surface area (TPSA) is 151 Å². The molecule has 0 bridgehead atoms. The van der Waals surface area contributed by atoms with Crippen LogP contribution in [0.5, 0.6) is 0 Å². The Morgan fingerprint density at radius 3 is 2.50 bits per heavy atom. The molecule has 3 aliphatic rings. The summed E-state index contributed by atoms with van der Waals surface area (Å²) in [6, 6.07) is 3.46. The summed E-state index contributed by atoms with van der Waals surface area (Å²) in [5.41, 5.74) is -1.40. The molecule has 5 heterocycles. The zero-order valence-electron chi connectivity index (χ0n) is 21.4. The summed E-state index contributed by atoms with van der Waals surface area (Å²) < 4.78 is 60.0. The molecular weight excluding hydrogens is 566 g/mol. The second-order valence-corrected chi connectivity index (χ2v) is 9.74. The van der Waals surface area contributed by atoms with Crippen molar-refractivity contribution in [1.29, 1.82) is 0 Å². The first-order chi connectivity index (χ1) is 20.0. The van der Waals surface area contributed by atoms with E-state index in [0.717, 1.165) is 11.1 Å². The molecule has 3 aromatic rings. The molecule has 6 rings (SSSR count). The molecule has 0 spiro atoms. The fraction of sp³-hybridized carbons (Fsp3) is 0.308. The number of carbonyl (C=O) groups excluding carboxylic acids is 4. The van der Waals surface area contributed by atoms with E-state index in [4.69, 9.17) is 4.52 Å². The number of imide groups is 2. The van der Waals surface area contributed by atoms with E-state index >= 15 is 4.39 Å². The Bertz CT molecular complexity index is 1690. The second-order valence-electron chi connectivity index (χ2n) is 9.74. The number of halogens is 4. The summed E-state index contributed by atoms with van der Waals surface area (Å²) >= 11 is 0. The van der Waals surface area contributed by atoms with Gasteiger partial charge in [-0.05, 0) is 37.5 Å². The number of alkyl halides is 3. The maximum absolute atomic E-state index is 15.4. The number of benzene rings is 1. The van der Waals surface area contributed by atoms with E-state index in [1.54, 1.807) is 4.90 Å². The summed E-state index contributed by atoms with van der Waals surface area (Å²) in [7, 11) is 0. The molecule has 1 unspecified atom stereocenters. The zero-order chi connectivity index (χ0) is 29.8. The molecule has 0 radical (unpaired) electrons. The van der Waals surface area contributed by atoms with Gasteiger partial charge in [-0.2, -0.15) is 18.2 Å². The van der Waals surface area contributed by atoms with Crippen LogP contribution in [0.3, 0.4) is 0 Å². The maximum Gasteiger partial charge on any atom is 0.433 e.